The summed E-state index contributed by atoms with van der Waals surface area (Å²) < 4.78 is 0. The Morgan fingerprint density at radius 1 is 1.25 bits per heavy atom. The molecule has 0 amide bonds. The first-order chi connectivity index (χ1) is 5.62. The second kappa shape index (κ2) is 2.33. The molecule has 64 valence electrons. The van der Waals surface area contributed by atoms with E-state index < -0.39 is 5.60 Å². The fourth-order valence-corrected chi connectivity index (χ4v) is 1.72. The molecular weight excluding hydrogens is 148 g/mol. The van der Waals surface area contributed by atoms with Crippen molar-refractivity contribution >= 4 is 0 Å². The van der Waals surface area contributed by atoms with Gasteiger partial charge in [-0.05, 0) is 37.8 Å². The maximum absolute atomic E-state index is 9.87. The minimum atomic E-state index is -0.474. The maximum atomic E-state index is 9.87. The Balaban J connectivity index is 2.45. The largest absolute Gasteiger partial charge is 0.385 e. The van der Waals surface area contributed by atoms with Crippen LogP contribution in [0.25, 0.3) is 0 Å². The lowest BCUT2D eigenvalue weighted by molar-refractivity contribution is 0.151. The first-order valence-electron chi connectivity index (χ1n) is 4.42. The minimum Gasteiger partial charge on any atom is -0.385 e. The van der Waals surface area contributed by atoms with Gasteiger partial charge in [0.2, 0.25) is 0 Å². The van der Waals surface area contributed by atoms with Crippen LogP contribution in [0.1, 0.15) is 29.5 Å². The molecule has 0 bridgehead atoms. The van der Waals surface area contributed by atoms with E-state index in [1.165, 1.54) is 11.1 Å². The number of aliphatic hydroxyl groups is 1. The third-order valence-electron chi connectivity index (χ3n) is 2.61. The molecular formula is C11H14O. The van der Waals surface area contributed by atoms with Crippen molar-refractivity contribution in [1.29, 1.82) is 0 Å². The molecule has 0 unspecified atom stereocenters. The lowest BCUT2D eigenvalue weighted by Crippen LogP contribution is -2.06. The molecule has 1 aliphatic rings. The fraction of sp³-hybridized carbons (Fsp3) is 0.455. The Morgan fingerprint density at radius 3 is 2.42 bits per heavy atom. The van der Waals surface area contributed by atoms with Gasteiger partial charge in [-0.1, -0.05) is 23.8 Å². The summed E-state index contributed by atoms with van der Waals surface area (Å²) in [7, 11) is 0. The molecule has 1 fully saturated rings. The molecule has 1 aromatic carbocycles. The molecule has 1 heteroatoms. The molecule has 0 spiro atoms. The summed E-state index contributed by atoms with van der Waals surface area (Å²) in [6.45, 7) is 4.15. The van der Waals surface area contributed by atoms with E-state index in [1.807, 2.05) is 0 Å². The van der Waals surface area contributed by atoms with Gasteiger partial charge in [0, 0.05) is 0 Å². The molecule has 1 saturated carbocycles. The van der Waals surface area contributed by atoms with Gasteiger partial charge in [0.25, 0.3) is 0 Å². The van der Waals surface area contributed by atoms with Gasteiger partial charge in [-0.3, -0.25) is 0 Å². The van der Waals surface area contributed by atoms with Gasteiger partial charge in [0.05, 0.1) is 5.60 Å². The summed E-state index contributed by atoms with van der Waals surface area (Å²) in [6, 6.07) is 6.25. The van der Waals surface area contributed by atoms with Crippen LogP contribution in [0.3, 0.4) is 0 Å². The topological polar surface area (TPSA) is 20.2 Å². The van der Waals surface area contributed by atoms with Crippen LogP contribution in [-0.2, 0) is 5.60 Å². The zero-order chi connectivity index (χ0) is 8.77. The second-order valence-electron chi connectivity index (χ2n) is 3.85. The fourth-order valence-electron chi connectivity index (χ4n) is 1.72. The molecule has 1 aliphatic carbocycles. The maximum Gasteiger partial charge on any atom is 0.0901 e. The highest BCUT2D eigenvalue weighted by Gasteiger charge is 2.42. The van der Waals surface area contributed by atoms with Crippen molar-refractivity contribution in [3.8, 4) is 0 Å². The quantitative estimate of drug-likeness (QED) is 0.671. The lowest BCUT2D eigenvalue weighted by Gasteiger charge is -2.11. The molecule has 0 radical (unpaired) electrons. The molecule has 0 aliphatic heterocycles. The van der Waals surface area contributed by atoms with Crippen molar-refractivity contribution in [2.75, 3.05) is 0 Å². The minimum absolute atomic E-state index is 0.474. The monoisotopic (exact) mass is 162 g/mol. The number of rotatable bonds is 1. The average Bonchev–Trinajstić information content (AvgIpc) is 2.68. The van der Waals surface area contributed by atoms with Crippen molar-refractivity contribution in [2.24, 2.45) is 0 Å². The molecule has 12 heavy (non-hydrogen) atoms. The van der Waals surface area contributed by atoms with Gasteiger partial charge in [-0.15, -0.1) is 0 Å². The van der Waals surface area contributed by atoms with Crippen molar-refractivity contribution < 1.29 is 5.11 Å². The molecule has 1 N–H and O–H groups in total. The molecule has 1 nitrogen and oxygen atoms in total. The van der Waals surface area contributed by atoms with E-state index in [4.69, 9.17) is 0 Å². The Bertz CT molecular complexity index is 311. The molecule has 0 heterocycles. The van der Waals surface area contributed by atoms with E-state index in [-0.39, 0.29) is 0 Å². The summed E-state index contributed by atoms with van der Waals surface area (Å²) in [4.78, 5) is 0. The number of aryl methyl sites for hydroxylation is 2. The van der Waals surface area contributed by atoms with Crippen molar-refractivity contribution in [3.63, 3.8) is 0 Å². The van der Waals surface area contributed by atoms with Gasteiger partial charge >= 0.3 is 0 Å². The van der Waals surface area contributed by atoms with Gasteiger partial charge in [0.15, 0.2) is 0 Å². The van der Waals surface area contributed by atoms with Crippen molar-refractivity contribution in [1.82, 2.24) is 0 Å². The second-order valence-corrected chi connectivity index (χ2v) is 3.85. The predicted octanol–water partition coefficient (Wildman–Crippen LogP) is 2.28. The van der Waals surface area contributed by atoms with Gasteiger partial charge in [-0.2, -0.15) is 0 Å². The van der Waals surface area contributed by atoms with E-state index in [2.05, 4.69) is 32.0 Å². The normalized spacial score (nSPS) is 19.2. The third kappa shape index (κ3) is 1.14. The molecule has 0 saturated heterocycles. The zero-order valence-electron chi connectivity index (χ0n) is 7.59. The lowest BCUT2D eigenvalue weighted by atomic mass is 10.00. The zero-order valence-corrected chi connectivity index (χ0v) is 7.59. The first-order valence-corrected chi connectivity index (χ1v) is 4.42. The van der Waals surface area contributed by atoms with Crippen LogP contribution >= 0.6 is 0 Å². The van der Waals surface area contributed by atoms with Crippen LogP contribution in [-0.4, -0.2) is 5.11 Å². The number of hydrogen-bond donors (Lipinski definition) is 1. The third-order valence-corrected chi connectivity index (χ3v) is 2.61. The Kier molecular flexibility index (Phi) is 1.52. The van der Waals surface area contributed by atoms with Gasteiger partial charge in [0.1, 0.15) is 0 Å². The summed E-state index contributed by atoms with van der Waals surface area (Å²) in [6.07, 6.45) is 1.85. The van der Waals surface area contributed by atoms with Gasteiger partial charge in [-0.25, -0.2) is 0 Å². The van der Waals surface area contributed by atoms with E-state index in [0.717, 1.165) is 18.4 Å². The van der Waals surface area contributed by atoms with Crippen molar-refractivity contribution in [3.05, 3.63) is 34.9 Å². The Labute approximate surface area is 73.0 Å². The molecule has 0 aromatic heterocycles. The predicted molar refractivity (Wildman–Crippen MR) is 49.0 cm³/mol. The Morgan fingerprint density at radius 2 is 1.92 bits per heavy atom. The highest BCUT2D eigenvalue weighted by molar-refractivity contribution is 5.37. The Hall–Kier alpha value is -0.820. The standard InChI is InChI=1S/C11H14O/c1-8-3-4-10(9(2)7-8)11(12)5-6-11/h3-4,7,12H,5-6H2,1-2H3. The van der Waals surface area contributed by atoms with Gasteiger partial charge < -0.3 is 5.11 Å². The molecule has 0 atom stereocenters. The smallest absolute Gasteiger partial charge is 0.0901 e. The summed E-state index contributed by atoms with van der Waals surface area (Å²) in [5, 5.41) is 9.87. The highest BCUT2D eigenvalue weighted by Crippen LogP contribution is 2.46. The van der Waals surface area contributed by atoms with Crippen LogP contribution in [0.5, 0.6) is 0 Å². The average molecular weight is 162 g/mol. The molecule has 2 rings (SSSR count). The van der Waals surface area contributed by atoms with Crippen molar-refractivity contribution in [2.45, 2.75) is 32.3 Å². The van der Waals surface area contributed by atoms with E-state index >= 15 is 0 Å². The number of hydrogen-bond acceptors (Lipinski definition) is 1. The van der Waals surface area contributed by atoms with Crippen LogP contribution < -0.4 is 0 Å². The summed E-state index contributed by atoms with van der Waals surface area (Å²) >= 11 is 0. The SMILES string of the molecule is Cc1ccc(C2(O)CC2)c(C)c1. The summed E-state index contributed by atoms with van der Waals surface area (Å²) in [5.41, 5.74) is 3.13. The highest BCUT2D eigenvalue weighted by atomic mass is 16.3. The summed E-state index contributed by atoms with van der Waals surface area (Å²) in [5.74, 6) is 0. The first kappa shape index (κ1) is 7.81. The van der Waals surface area contributed by atoms with Crippen LogP contribution in [0.15, 0.2) is 18.2 Å². The van der Waals surface area contributed by atoms with Crippen LogP contribution in [0.2, 0.25) is 0 Å². The van der Waals surface area contributed by atoms with E-state index in [0.29, 0.717) is 0 Å². The molecule has 1 aromatic rings. The van der Waals surface area contributed by atoms with E-state index in [1.54, 1.807) is 0 Å². The van der Waals surface area contributed by atoms with Crippen LogP contribution in [0.4, 0.5) is 0 Å². The van der Waals surface area contributed by atoms with Crippen LogP contribution in [0, 0.1) is 13.8 Å². The van der Waals surface area contributed by atoms with E-state index in [9.17, 15) is 5.11 Å². The number of benzene rings is 1.